The molecule has 0 atom stereocenters. The molecule has 8 heteroatoms. The van der Waals surface area contributed by atoms with Gasteiger partial charge in [-0.2, -0.15) is 13.2 Å². The van der Waals surface area contributed by atoms with E-state index >= 15 is 0 Å². The third kappa shape index (κ3) is 2.74. The van der Waals surface area contributed by atoms with Crippen molar-refractivity contribution in [1.29, 1.82) is 0 Å². The first-order valence-electron chi connectivity index (χ1n) is 4.66. The molecule has 0 unspecified atom stereocenters. The molecule has 0 bridgehead atoms. The van der Waals surface area contributed by atoms with Crippen LogP contribution in [0.4, 0.5) is 13.2 Å². The van der Waals surface area contributed by atoms with E-state index in [4.69, 9.17) is 4.74 Å². The molecule has 3 nitrogen and oxygen atoms in total. The number of nitrogens with zero attached hydrogens (tertiary/aromatic N) is 2. The van der Waals surface area contributed by atoms with Crippen molar-refractivity contribution in [1.82, 2.24) is 10.2 Å². The normalized spacial score (nSPS) is 11.6. The second kappa shape index (κ2) is 5.00. The summed E-state index contributed by atoms with van der Waals surface area (Å²) in [5.74, 6) is 0.158. The summed E-state index contributed by atoms with van der Waals surface area (Å²) >= 11 is 3.02. The van der Waals surface area contributed by atoms with Gasteiger partial charge in [0.2, 0.25) is 0 Å². The number of ether oxygens (including phenoxy) is 1. The summed E-state index contributed by atoms with van der Waals surface area (Å²) in [5, 5.41) is 7.70. The van der Waals surface area contributed by atoms with Crippen LogP contribution < -0.4 is 4.74 Å². The van der Waals surface area contributed by atoms with Gasteiger partial charge in [-0.05, 0) is 40.8 Å². The van der Waals surface area contributed by atoms with Crippen molar-refractivity contribution in [3.05, 3.63) is 26.8 Å². The van der Waals surface area contributed by atoms with E-state index in [0.29, 0.717) is 3.01 Å². The molecule has 0 radical (unpaired) electrons. The van der Waals surface area contributed by atoms with Crippen LogP contribution in [0.2, 0.25) is 0 Å². The Morgan fingerprint density at radius 1 is 1.28 bits per heavy atom. The third-order valence-electron chi connectivity index (χ3n) is 2.16. The molecule has 1 aromatic carbocycles. The fourth-order valence-corrected chi connectivity index (χ4v) is 2.73. The highest BCUT2D eigenvalue weighted by Gasteiger charge is 2.35. The Bertz CT molecular complexity index is 570. The van der Waals surface area contributed by atoms with Crippen molar-refractivity contribution >= 4 is 33.9 Å². The molecule has 1 aromatic heterocycles. The second-order valence-electron chi connectivity index (χ2n) is 3.27. The number of halogens is 4. The standard InChI is InChI=1S/C10H6F3IN2OS/c1-17-5-2-3-6(7(4-5)10(11,12)13)8-15-16-9(14)18-8/h2-4H,1H3. The van der Waals surface area contributed by atoms with Crippen LogP contribution in [0.5, 0.6) is 5.75 Å². The summed E-state index contributed by atoms with van der Waals surface area (Å²) in [6.07, 6.45) is -4.46. The van der Waals surface area contributed by atoms with Crippen molar-refractivity contribution in [2.24, 2.45) is 0 Å². The molecule has 0 saturated carbocycles. The highest BCUT2D eigenvalue weighted by molar-refractivity contribution is 14.1. The SMILES string of the molecule is COc1ccc(-c2nnc(I)s2)c(C(F)(F)F)c1. The Labute approximate surface area is 118 Å². The maximum atomic E-state index is 13.0. The Hall–Kier alpha value is -0.900. The fourth-order valence-electron chi connectivity index (χ4n) is 1.39. The lowest BCUT2D eigenvalue weighted by molar-refractivity contribution is -0.137. The molecular weight excluding hydrogens is 380 g/mol. The summed E-state index contributed by atoms with van der Waals surface area (Å²) in [5.41, 5.74) is -0.752. The molecule has 0 aliphatic rings. The van der Waals surface area contributed by atoms with Gasteiger partial charge in [-0.3, -0.25) is 0 Å². The molecule has 18 heavy (non-hydrogen) atoms. The van der Waals surface area contributed by atoms with Gasteiger partial charge in [0, 0.05) is 5.56 Å². The molecule has 0 saturated heterocycles. The quantitative estimate of drug-likeness (QED) is 0.736. The number of benzene rings is 1. The number of rotatable bonds is 2. The minimum absolute atomic E-state index is 0.0173. The Morgan fingerprint density at radius 2 is 2.00 bits per heavy atom. The van der Waals surface area contributed by atoms with Crippen molar-refractivity contribution in [3.8, 4) is 16.3 Å². The molecule has 0 aliphatic heterocycles. The van der Waals surface area contributed by atoms with Gasteiger partial charge in [0.1, 0.15) is 10.8 Å². The minimum atomic E-state index is -4.46. The van der Waals surface area contributed by atoms with Crippen LogP contribution in [0.15, 0.2) is 18.2 Å². The number of methoxy groups -OCH3 is 1. The van der Waals surface area contributed by atoms with Gasteiger partial charge in [0.25, 0.3) is 0 Å². The number of aromatic nitrogens is 2. The summed E-state index contributed by atoms with van der Waals surface area (Å²) in [4.78, 5) is 0. The van der Waals surface area contributed by atoms with E-state index in [0.717, 1.165) is 17.4 Å². The molecule has 96 valence electrons. The molecule has 0 amide bonds. The van der Waals surface area contributed by atoms with Crippen LogP contribution in [-0.4, -0.2) is 17.3 Å². The summed E-state index contributed by atoms with van der Waals surface area (Å²) < 4.78 is 44.3. The van der Waals surface area contributed by atoms with Crippen molar-refractivity contribution in [2.75, 3.05) is 7.11 Å². The van der Waals surface area contributed by atoms with E-state index in [-0.39, 0.29) is 16.3 Å². The highest BCUT2D eigenvalue weighted by Crippen LogP contribution is 2.39. The summed E-state index contributed by atoms with van der Waals surface area (Å²) in [6.45, 7) is 0. The predicted molar refractivity (Wildman–Crippen MR) is 69.6 cm³/mol. The Balaban J connectivity index is 2.60. The van der Waals surface area contributed by atoms with Gasteiger partial charge in [-0.15, -0.1) is 10.2 Å². The molecular formula is C10H6F3IN2OS. The zero-order valence-electron chi connectivity index (χ0n) is 8.95. The fraction of sp³-hybridized carbons (Fsp3) is 0.200. The first kappa shape index (κ1) is 13.5. The maximum Gasteiger partial charge on any atom is 0.417 e. The first-order valence-corrected chi connectivity index (χ1v) is 6.56. The molecule has 1 heterocycles. The van der Waals surface area contributed by atoms with Gasteiger partial charge < -0.3 is 4.74 Å². The van der Waals surface area contributed by atoms with Crippen LogP contribution in [-0.2, 0) is 6.18 Å². The van der Waals surface area contributed by atoms with Crippen LogP contribution >= 0.6 is 33.9 Å². The number of alkyl halides is 3. The van der Waals surface area contributed by atoms with Gasteiger partial charge in [-0.1, -0.05) is 11.3 Å². The lowest BCUT2D eigenvalue weighted by Crippen LogP contribution is -2.07. The van der Waals surface area contributed by atoms with Crippen LogP contribution in [0.3, 0.4) is 0 Å². The lowest BCUT2D eigenvalue weighted by Gasteiger charge is -2.12. The average molecular weight is 386 g/mol. The van der Waals surface area contributed by atoms with Gasteiger partial charge in [0.15, 0.2) is 3.01 Å². The predicted octanol–water partition coefficient (Wildman–Crippen LogP) is 3.84. The Kier molecular flexibility index (Phi) is 3.76. The van der Waals surface area contributed by atoms with Crippen LogP contribution in [0.25, 0.3) is 10.6 Å². The summed E-state index contributed by atoms with van der Waals surface area (Å²) in [6, 6.07) is 3.78. The number of hydrogen-bond acceptors (Lipinski definition) is 4. The molecule has 0 N–H and O–H groups in total. The van der Waals surface area contributed by atoms with E-state index in [2.05, 4.69) is 10.2 Å². The molecule has 2 aromatic rings. The van der Waals surface area contributed by atoms with E-state index < -0.39 is 11.7 Å². The van der Waals surface area contributed by atoms with Crippen molar-refractivity contribution < 1.29 is 17.9 Å². The Morgan fingerprint density at radius 3 is 2.50 bits per heavy atom. The van der Waals surface area contributed by atoms with Crippen LogP contribution in [0.1, 0.15) is 5.56 Å². The topological polar surface area (TPSA) is 35.0 Å². The average Bonchev–Trinajstić information content (AvgIpc) is 2.74. The maximum absolute atomic E-state index is 13.0. The van der Waals surface area contributed by atoms with E-state index in [1.165, 1.54) is 19.2 Å². The zero-order valence-corrected chi connectivity index (χ0v) is 11.9. The molecule has 0 fully saturated rings. The minimum Gasteiger partial charge on any atom is -0.497 e. The van der Waals surface area contributed by atoms with Gasteiger partial charge >= 0.3 is 6.18 Å². The molecule has 2 rings (SSSR count). The van der Waals surface area contributed by atoms with E-state index in [1.54, 1.807) is 0 Å². The third-order valence-corrected chi connectivity index (χ3v) is 3.78. The number of hydrogen-bond donors (Lipinski definition) is 0. The smallest absolute Gasteiger partial charge is 0.417 e. The second-order valence-corrected chi connectivity index (χ2v) is 6.00. The van der Waals surface area contributed by atoms with Crippen LogP contribution in [0, 0.1) is 3.01 Å². The zero-order chi connectivity index (χ0) is 13.3. The van der Waals surface area contributed by atoms with Gasteiger partial charge in [-0.25, -0.2) is 0 Å². The van der Waals surface area contributed by atoms with Crippen molar-refractivity contribution in [3.63, 3.8) is 0 Å². The molecule has 0 spiro atoms. The highest BCUT2D eigenvalue weighted by atomic mass is 127. The monoisotopic (exact) mass is 386 g/mol. The first-order chi connectivity index (χ1) is 8.41. The molecule has 0 aliphatic carbocycles. The van der Waals surface area contributed by atoms with Gasteiger partial charge in [0.05, 0.1) is 12.7 Å². The van der Waals surface area contributed by atoms with E-state index in [9.17, 15) is 13.2 Å². The van der Waals surface area contributed by atoms with Crippen molar-refractivity contribution in [2.45, 2.75) is 6.18 Å². The lowest BCUT2D eigenvalue weighted by atomic mass is 10.1. The van der Waals surface area contributed by atoms with E-state index in [1.807, 2.05) is 22.6 Å². The largest absolute Gasteiger partial charge is 0.497 e. The summed E-state index contributed by atoms with van der Waals surface area (Å²) in [7, 11) is 1.32.